The summed E-state index contributed by atoms with van der Waals surface area (Å²) in [6.45, 7) is 4.01. The summed E-state index contributed by atoms with van der Waals surface area (Å²) in [6.07, 6.45) is 0. The Labute approximate surface area is 88.9 Å². The fourth-order valence-electron chi connectivity index (χ4n) is 1.94. The predicted molar refractivity (Wildman–Crippen MR) is 56.3 cm³/mol. The van der Waals surface area contributed by atoms with Gasteiger partial charge in [-0.15, -0.1) is 0 Å². The lowest BCUT2D eigenvalue weighted by molar-refractivity contribution is 0.0691. The van der Waals surface area contributed by atoms with Crippen molar-refractivity contribution < 1.29 is 4.79 Å². The molecule has 0 bridgehead atoms. The molecule has 0 atom stereocenters. The normalized spacial score (nSPS) is 17.5. The number of nitrogens with zero attached hydrogens (tertiary/aromatic N) is 2. The van der Waals surface area contributed by atoms with E-state index in [1.807, 2.05) is 26.0 Å². The van der Waals surface area contributed by atoms with E-state index in [9.17, 15) is 4.79 Å². The minimum Gasteiger partial charge on any atom is -0.332 e. The molecule has 0 aromatic heterocycles. The Morgan fingerprint density at radius 2 is 2.07 bits per heavy atom. The molecule has 0 fully saturated rings. The van der Waals surface area contributed by atoms with Crippen molar-refractivity contribution in [1.82, 2.24) is 4.90 Å². The van der Waals surface area contributed by atoms with Gasteiger partial charge in [-0.05, 0) is 31.5 Å². The summed E-state index contributed by atoms with van der Waals surface area (Å²) >= 11 is 0. The average molecular weight is 200 g/mol. The summed E-state index contributed by atoms with van der Waals surface area (Å²) in [5, 5.41) is 8.78. The Kier molecular flexibility index (Phi) is 1.84. The summed E-state index contributed by atoms with van der Waals surface area (Å²) in [4.78, 5) is 13.6. The molecule has 15 heavy (non-hydrogen) atoms. The zero-order chi connectivity index (χ0) is 11.2. The summed E-state index contributed by atoms with van der Waals surface area (Å²) in [5.41, 5.74) is 1.91. The lowest BCUT2D eigenvalue weighted by Gasteiger charge is -2.28. The van der Waals surface area contributed by atoms with E-state index in [1.165, 1.54) is 0 Å². The van der Waals surface area contributed by atoms with Gasteiger partial charge in [0.2, 0.25) is 0 Å². The van der Waals surface area contributed by atoms with Crippen molar-refractivity contribution in [2.45, 2.75) is 19.4 Å². The lowest BCUT2D eigenvalue weighted by Crippen LogP contribution is -2.35. The number of rotatable bonds is 0. The van der Waals surface area contributed by atoms with Crippen molar-refractivity contribution in [3.63, 3.8) is 0 Å². The third-order valence-electron chi connectivity index (χ3n) is 3.18. The minimum absolute atomic E-state index is 0.00731. The van der Waals surface area contributed by atoms with Gasteiger partial charge in [0.05, 0.1) is 17.2 Å². The summed E-state index contributed by atoms with van der Waals surface area (Å²) < 4.78 is 0. The van der Waals surface area contributed by atoms with Crippen molar-refractivity contribution in [1.29, 1.82) is 5.26 Å². The highest BCUT2D eigenvalue weighted by atomic mass is 16.2. The molecular formula is C12H12N2O. The highest BCUT2D eigenvalue weighted by molar-refractivity contribution is 6.00. The molecule has 0 N–H and O–H groups in total. The van der Waals surface area contributed by atoms with Crippen LogP contribution in [0, 0.1) is 11.3 Å². The molecule has 0 spiro atoms. The molecule has 0 saturated carbocycles. The molecule has 0 aliphatic carbocycles. The standard InChI is InChI=1S/C12H12N2O/c1-12(2)10-5-4-8(7-13)6-9(10)11(15)14(12)3/h4-6H,1-3H3. The Bertz CT molecular complexity index is 483. The molecule has 1 aliphatic heterocycles. The largest absolute Gasteiger partial charge is 0.332 e. The van der Waals surface area contributed by atoms with E-state index < -0.39 is 0 Å². The second-order valence-corrected chi connectivity index (χ2v) is 4.30. The van der Waals surface area contributed by atoms with Gasteiger partial charge in [0.1, 0.15) is 0 Å². The second-order valence-electron chi connectivity index (χ2n) is 4.30. The topological polar surface area (TPSA) is 44.1 Å². The molecule has 0 saturated heterocycles. The zero-order valence-electron chi connectivity index (χ0n) is 9.03. The Hall–Kier alpha value is -1.82. The van der Waals surface area contributed by atoms with Gasteiger partial charge in [-0.3, -0.25) is 4.79 Å². The van der Waals surface area contributed by atoms with Crippen LogP contribution in [0.4, 0.5) is 0 Å². The van der Waals surface area contributed by atoms with Crippen LogP contribution in [0.15, 0.2) is 18.2 Å². The first-order valence-corrected chi connectivity index (χ1v) is 4.81. The zero-order valence-corrected chi connectivity index (χ0v) is 9.03. The van der Waals surface area contributed by atoms with E-state index in [0.29, 0.717) is 11.1 Å². The number of carbonyl (C=O) groups excluding carboxylic acids is 1. The van der Waals surface area contributed by atoms with E-state index in [1.54, 1.807) is 24.1 Å². The van der Waals surface area contributed by atoms with Gasteiger partial charge in [0, 0.05) is 12.6 Å². The maximum absolute atomic E-state index is 11.9. The first-order chi connectivity index (χ1) is 6.98. The van der Waals surface area contributed by atoms with E-state index in [0.717, 1.165) is 5.56 Å². The van der Waals surface area contributed by atoms with E-state index in [-0.39, 0.29) is 11.4 Å². The van der Waals surface area contributed by atoms with Crippen LogP contribution in [0.5, 0.6) is 0 Å². The molecule has 1 aliphatic rings. The summed E-state index contributed by atoms with van der Waals surface area (Å²) in [7, 11) is 1.79. The fourth-order valence-corrected chi connectivity index (χ4v) is 1.94. The van der Waals surface area contributed by atoms with Gasteiger partial charge >= 0.3 is 0 Å². The summed E-state index contributed by atoms with van der Waals surface area (Å²) in [5.74, 6) is -0.00731. The van der Waals surface area contributed by atoms with Crippen molar-refractivity contribution in [2.24, 2.45) is 0 Å². The molecule has 3 nitrogen and oxygen atoms in total. The fraction of sp³-hybridized carbons (Fsp3) is 0.333. The van der Waals surface area contributed by atoms with Crippen molar-refractivity contribution >= 4 is 5.91 Å². The number of amides is 1. The predicted octanol–water partition coefficient (Wildman–Crippen LogP) is 1.88. The SMILES string of the molecule is CN1C(=O)c2cc(C#N)ccc2C1(C)C. The van der Waals surface area contributed by atoms with E-state index in [2.05, 4.69) is 0 Å². The highest BCUT2D eigenvalue weighted by Gasteiger charge is 2.40. The van der Waals surface area contributed by atoms with Gasteiger partial charge < -0.3 is 4.90 Å². The van der Waals surface area contributed by atoms with Gasteiger partial charge in [-0.25, -0.2) is 0 Å². The molecule has 0 unspecified atom stereocenters. The van der Waals surface area contributed by atoms with Gasteiger partial charge in [-0.1, -0.05) is 6.07 Å². The lowest BCUT2D eigenvalue weighted by atomic mass is 9.93. The third kappa shape index (κ3) is 1.15. The number of benzene rings is 1. The molecule has 1 heterocycles. The molecular weight excluding hydrogens is 188 g/mol. The molecule has 3 heteroatoms. The van der Waals surface area contributed by atoms with Crippen LogP contribution in [-0.4, -0.2) is 17.9 Å². The monoisotopic (exact) mass is 200 g/mol. The second kappa shape index (κ2) is 2.83. The van der Waals surface area contributed by atoms with Crippen LogP contribution in [0.3, 0.4) is 0 Å². The van der Waals surface area contributed by atoms with E-state index >= 15 is 0 Å². The molecule has 1 aromatic rings. The maximum Gasteiger partial charge on any atom is 0.254 e. The third-order valence-corrected chi connectivity index (χ3v) is 3.18. The van der Waals surface area contributed by atoms with Crippen LogP contribution in [0.25, 0.3) is 0 Å². The molecule has 76 valence electrons. The summed E-state index contributed by atoms with van der Waals surface area (Å²) in [6, 6.07) is 7.35. The maximum atomic E-state index is 11.9. The highest BCUT2D eigenvalue weighted by Crippen LogP contribution is 2.37. The van der Waals surface area contributed by atoms with Crippen molar-refractivity contribution in [3.05, 3.63) is 34.9 Å². The average Bonchev–Trinajstić information content (AvgIpc) is 2.40. The van der Waals surface area contributed by atoms with Gasteiger partial charge in [0.15, 0.2) is 0 Å². The quantitative estimate of drug-likeness (QED) is 0.641. The van der Waals surface area contributed by atoms with Gasteiger partial charge in [0.25, 0.3) is 5.91 Å². The molecule has 1 amide bonds. The Balaban J connectivity index is 2.68. The minimum atomic E-state index is -0.277. The Morgan fingerprint density at radius 1 is 1.40 bits per heavy atom. The van der Waals surface area contributed by atoms with Crippen LogP contribution < -0.4 is 0 Å². The van der Waals surface area contributed by atoms with Crippen LogP contribution in [-0.2, 0) is 5.54 Å². The number of carbonyl (C=O) groups is 1. The van der Waals surface area contributed by atoms with Crippen LogP contribution in [0.1, 0.15) is 35.3 Å². The smallest absolute Gasteiger partial charge is 0.254 e. The van der Waals surface area contributed by atoms with E-state index in [4.69, 9.17) is 5.26 Å². The Morgan fingerprint density at radius 3 is 2.67 bits per heavy atom. The van der Waals surface area contributed by atoms with Crippen LogP contribution in [0.2, 0.25) is 0 Å². The van der Waals surface area contributed by atoms with Crippen molar-refractivity contribution in [2.75, 3.05) is 7.05 Å². The molecule has 2 rings (SSSR count). The first-order valence-electron chi connectivity index (χ1n) is 4.81. The number of fused-ring (bicyclic) bond motifs is 1. The number of nitriles is 1. The molecule has 0 radical (unpaired) electrons. The van der Waals surface area contributed by atoms with Gasteiger partial charge in [-0.2, -0.15) is 5.26 Å². The number of hydrogen-bond donors (Lipinski definition) is 0. The number of hydrogen-bond acceptors (Lipinski definition) is 2. The molecule has 1 aromatic carbocycles. The van der Waals surface area contributed by atoms with Crippen molar-refractivity contribution in [3.8, 4) is 6.07 Å². The first kappa shape index (κ1) is 9.72. The van der Waals surface area contributed by atoms with Crippen LogP contribution >= 0.6 is 0 Å².